The van der Waals surface area contributed by atoms with Crippen LogP contribution in [0.4, 0.5) is 0 Å². The van der Waals surface area contributed by atoms with Crippen molar-refractivity contribution in [3.05, 3.63) is 71.3 Å². The molecule has 4 saturated carbocycles. The minimum atomic E-state index is -2.87. The smallest absolute Gasteiger partial charge is 0.309 e. The minimum Gasteiger partial charge on any atom is -0.461 e. The summed E-state index contributed by atoms with van der Waals surface area (Å²) in [6, 6.07) is 10.2. The van der Waals surface area contributed by atoms with Gasteiger partial charge in [-0.2, -0.15) is 0 Å². The molecule has 6 fully saturated rings. The summed E-state index contributed by atoms with van der Waals surface area (Å²) in [4.78, 5) is 15.6. The van der Waals surface area contributed by atoms with Crippen LogP contribution in [0.15, 0.2) is 65.8 Å². The second-order valence-electron chi connectivity index (χ2n) is 21.9. The monoisotopic (exact) mass is 797 g/mol. The van der Waals surface area contributed by atoms with Gasteiger partial charge in [-0.1, -0.05) is 89.3 Å². The van der Waals surface area contributed by atoms with Crippen LogP contribution in [0, 0.1) is 57.2 Å². The van der Waals surface area contributed by atoms with Crippen molar-refractivity contribution in [2.24, 2.45) is 57.2 Å². The lowest BCUT2D eigenvalue weighted by molar-refractivity contribution is -0.221. The molecule has 0 spiro atoms. The van der Waals surface area contributed by atoms with Crippen molar-refractivity contribution in [1.82, 2.24) is 10.2 Å². The molecule has 57 heavy (non-hydrogen) atoms. The van der Waals surface area contributed by atoms with E-state index in [-0.39, 0.29) is 39.5 Å². The Labute approximate surface area is 345 Å². The van der Waals surface area contributed by atoms with Crippen LogP contribution in [0.2, 0.25) is 0 Å². The fraction of sp³-hybridized carbons (Fsp3) is 0.740. The van der Waals surface area contributed by atoms with Crippen LogP contribution < -0.4 is 5.32 Å². The van der Waals surface area contributed by atoms with Crippen LogP contribution in [0.3, 0.4) is 0 Å². The van der Waals surface area contributed by atoms with Gasteiger partial charge in [0.25, 0.3) is 0 Å². The first-order valence-electron chi connectivity index (χ1n) is 23.0. The maximum atomic E-state index is 13.1. The van der Waals surface area contributed by atoms with Gasteiger partial charge in [-0.3, -0.25) is 9.69 Å². The number of carbonyl (C=O) groups is 1. The maximum Gasteiger partial charge on any atom is 0.309 e. The number of nitrogens with one attached hydrogen (secondary N) is 1. The Balaban J connectivity index is 0.908. The van der Waals surface area contributed by atoms with E-state index < -0.39 is 9.84 Å². The Kier molecular flexibility index (Phi) is 10.0. The summed E-state index contributed by atoms with van der Waals surface area (Å²) in [7, 11) is -2.87. The molecule has 12 atom stereocenters. The van der Waals surface area contributed by atoms with Crippen molar-refractivity contribution < 1.29 is 17.9 Å². The third kappa shape index (κ3) is 6.26. The zero-order valence-electron chi connectivity index (χ0n) is 36.1. The largest absolute Gasteiger partial charge is 0.461 e. The Hall–Kier alpha value is -2.22. The highest BCUT2D eigenvalue weighted by atomic mass is 32.2. The summed E-state index contributed by atoms with van der Waals surface area (Å²) < 4.78 is 30.7. The fourth-order valence-corrected chi connectivity index (χ4v) is 18.3. The number of likely N-dealkylation sites (tertiary alicyclic amines) is 1. The second-order valence-corrected chi connectivity index (χ2v) is 24.3. The molecule has 0 unspecified atom stereocenters. The Morgan fingerprint density at radius 1 is 0.930 bits per heavy atom. The average Bonchev–Trinajstić information content (AvgIpc) is 3.85. The first-order chi connectivity index (χ1) is 27.0. The summed E-state index contributed by atoms with van der Waals surface area (Å²) in [6.07, 6.45) is 20.0. The second kappa shape index (κ2) is 14.2. The number of hydrogen-bond acceptors (Lipinski definition) is 6. The number of allylic oxidation sites excluding steroid dienone is 5. The van der Waals surface area contributed by atoms with E-state index in [1.54, 1.807) is 5.57 Å². The van der Waals surface area contributed by atoms with Gasteiger partial charge in [-0.15, -0.1) is 0 Å². The zero-order chi connectivity index (χ0) is 40.2. The number of sulfone groups is 1. The molecule has 7 heteroatoms. The normalized spacial score (nSPS) is 44.2. The van der Waals surface area contributed by atoms with Crippen LogP contribution >= 0.6 is 0 Å². The predicted molar refractivity (Wildman–Crippen MR) is 230 cm³/mol. The molecule has 2 bridgehead atoms. The molecule has 0 radical (unpaired) electrons. The van der Waals surface area contributed by atoms with Crippen molar-refractivity contribution in [3.8, 4) is 0 Å². The van der Waals surface area contributed by atoms with Gasteiger partial charge in [0.2, 0.25) is 0 Å². The van der Waals surface area contributed by atoms with E-state index in [0.717, 1.165) is 50.9 Å². The van der Waals surface area contributed by atoms with Gasteiger partial charge in [0.05, 0.1) is 16.9 Å². The highest BCUT2D eigenvalue weighted by Gasteiger charge is 2.70. The molecule has 1 N–H and O–H groups in total. The van der Waals surface area contributed by atoms with Crippen molar-refractivity contribution in [1.29, 1.82) is 0 Å². The third-order valence-corrected chi connectivity index (χ3v) is 21.5. The van der Waals surface area contributed by atoms with Gasteiger partial charge >= 0.3 is 5.97 Å². The van der Waals surface area contributed by atoms with Crippen LogP contribution in [-0.4, -0.2) is 61.5 Å². The van der Waals surface area contributed by atoms with Crippen LogP contribution in [-0.2, 0) is 26.0 Å². The Morgan fingerprint density at radius 3 is 2.40 bits per heavy atom. The van der Waals surface area contributed by atoms with Crippen LogP contribution in [0.1, 0.15) is 131 Å². The Morgan fingerprint density at radius 2 is 1.72 bits per heavy atom. The van der Waals surface area contributed by atoms with Crippen molar-refractivity contribution in [3.63, 3.8) is 0 Å². The van der Waals surface area contributed by atoms with E-state index >= 15 is 0 Å². The number of nitrogens with zero attached hydrogens (tertiary/aromatic N) is 1. The molecule has 2 heterocycles. The Bertz CT molecular complexity index is 1940. The predicted octanol–water partition coefficient (Wildman–Crippen LogP) is 9.86. The number of fused-ring (bicyclic) bond motifs is 9. The van der Waals surface area contributed by atoms with Gasteiger partial charge < -0.3 is 10.1 Å². The van der Waals surface area contributed by atoms with E-state index in [2.05, 4.69) is 70.5 Å². The summed E-state index contributed by atoms with van der Waals surface area (Å²) in [5.74, 6) is 3.52. The summed E-state index contributed by atoms with van der Waals surface area (Å²) in [5.41, 5.74) is 6.61. The van der Waals surface area contributed by atoms with E-state index in [1.807, 2.05) is 30.3 Å². The first kappa shape index (κ1) is 40.2. The van der Waals surface area contributed by atoms with Gasteiger partial charge in [-0.05, 0) is 158 Å². The average molecular weight is 797 g/mol. The topological polar surface area (TPSA) is 75.7 Å². The van der Waals surface area contributed by atoms with E-state index in [0.29, 0.717) is 52.8 Å². The van der Waals surface area contributed by atoms with Crippen molar-refractivity contribution >= 4 is 15.8 Å². The maximum absolute atomic E-state index is 13.1. The zero-order valence-corrected chi connectivity index (χ0v) is 36.9. The molecule has 312 valence electrons. The SMILES string of the molecule is C=C(C)[C@@H]1CC[C@]2(NCCN3C[C@@H]4C[C@H]3CS4(=O)=O)CC[C@]3(C)[C@H](CC[C@@H]4[C@@]5(C)CC=C(C6=CC[C@H](C(=O)OCc7ccccc7)CC6)C(C)(C)[C@@H]5CC[C@]43C)[C@@H]12. The van der Waals surface area contributed by atoms with Crippen molar-refractivity contribution in [2.45, 2.75) is 148 Å². The molecule has 1 aromatic carbocycles. The standard InChI is InChI=1S/C50H72N2O4S/c1-33(2)39-19-24-50(51-27-28-52-30-38-29-37(52)32-57(38,54)55)26-25-48(6)41(44(39)50)17-18-43-47(5)22-20-40(46(3,4)42(47)21-23-49(43,48)7)35-13-15-36(16-14-35)45(53)56-31-34-11-9-8-10-12-34/h8-13,20,36-39,41-44,51H,1,14-19,21-32H2,2-7H3/t36-,37-,38-,39-,41+,42-,43+,44+,47-,48+,49+,50-/m0/s1. The van der Waals surface area contributed by atoms with Crippen molar-refractivity contribution in [2.75, 3.05) is 25.4 Å². The van der Waals surface area contributed by atoms with Gasteiger partial charge in [-0.25, -0.2) is 8.42 Å². The highest BCUT2D eigenvalue weighted by Crippen LogP contribution is 2.76. The van der Waals surface area contributed by atoms with Crippen LogP contribution in [0.5, 0.6) is 0 Å². The van der Waals surface area contributed by atoms with Crippen LogP contribution in [0.25, 0.3) is 0 Å². The number of rotatable bonds is 9. The summed E-state index contributed by atoms with van der Waals surface area (Å²) in [5, 5.41) is 4.14. The number of esters is 1. The quantitative estimate of drug-likeness (QED) is 0.198. The molecule has 0 aromatic heterocycles. The van der Waals surface area contributed by atoms with Gasteiger partial charge in [0.1, 0.15) is 6.61 Å². The molecule has 9 rings (SSSR count). The third-order valence-electron chi connectivity index (χ3n) is 19.3. The number of hydrogen-bond donors (Lipinski definition) is 1. The lowest BCUT2D eigenvalue weighted by Gasteiger charge is -2.72. The molecule has 6 aliphatic carbocycles. The highest BCUT2D eigenvalue weighted by molar-refractivity contribution is 7.92. The lowest BCUT2D eigenvalue weighted by atomic mass is 9.33. The van der Waals surface area contributed by atoms with Gasteiger partial charge in [0.15, 0.2) is 9.84 Å². The first-order valence-corrected chi connectivity index (χ1v) is 24.7. The number of benzene rings is 1. The molecule has 8 aliphatic rings. The molecule has 6 nitrogen and oxygen atoms in total. The van der Waals surface area contributed by atoms with E-state index in [1.165, 1.54) is 68.9 Å². The number of carbonyl (C=O) groups excluding carboxylic acids is 1. The molecular formula is C50H72N2O4S. The molecule has 2 saturated heterocycles. The number of ether oxygens (including phenoxy) is 1. The van der Waals surface area contributed by atoms with E-state index in [4.69, 9.17) is 4.74 Å². The molecule has 2 aliphatic heterocycles. The lowest BCUT2D eigenvalue weighted by Crippen LogP contribution is -2.68. The molecule has 0 amide bonds. The fourth-order valence-electron chi connectivity index (χ4n) is 16.2. The van der Waals surface area contributed by atoms with E-state index in [9.17, 15) is 13.2 Å². The minimum absolute atomic E-state index is 0.0450. The molecular weight excluding hydrogens is 725 g/mol. The van der Waals surface area contributed by atoms with Gasteiger partial charge in [0, 0.05) is 31.2 Å². The summed E-state index contributed by atoms with van der Waals surface area (Å²) >= 11 is 0. The molecule has 1 aromatic rings. The summed E-state index contributed by atoms with van der Waals surface area (Å²) in [6.45, 7) is 23.3.